The van der Waals surface area contributed by atoms with Gasteiger partial charge in [-0.05, 0) is 37.1 Å². The number of anilines is 2. The summed E-state index contributed by atoms with van der Waals surface area (Å²) in [4.78, 5) is 32.9. The van der Waals surface area contributed by atoms with E-state index < -0.39 is 0 Å². The minimum Gasteiger partial charge on any atom is -0.497 e. The van der Waals surface area contributed by atoms with Crippen LogP contribution in [0.5, 0.6) is 5.75 Å². The molecule has 0 atom stereocenters. The number of ether oxygens (including phenoxy) is 1. The van der Waals surface area contributed by atoms with Crippen LogP contribution in [0.25, 0.3) is 11.7 Å². The van der Waals surface area contributed by atoms with E-state index in [0.29, 0.717) is 49.0 Å². The number of hydrogen-bond donors (Lipinski definition) is 1. The lowest BCUT2D eigenvalue weighted by Crippen LogP contribution is -2.43. The molecule has 1 aliphatic heterocycles. The maximum absolute atomic E-state index is 12.9. The van der Waals surface area contributed by atoms with Crippen molar-refractivity contribution in [1.29, 1.82) is 5.26 Å². The van der Waals surface area contributed by atoms with Gasteiger partial charge in [-0.2, -0.15) is 10.2 Å². The monoisotopic (exact) mass is 463 g/mol. The number of carbonyl (C=O) groups excluding carboxylic acids is 2. The molecule has 4 rings (SSSR count). The second kappa shape index (κ2) is 10.1. The van der Waals surface area contributed by atoms with E-state index >= 15 is 0 Å². The number of furan rings is 1. The largest absolute Gasteiger partial charge is 0.497 e. The van der Waals surface area contributed by atoms with Gasteiger partial charge in [0.2, 0.25) is 23.4 Å². The Morgan fingerprint density at radius 3 is 2.76 bits per heavy atom. The maximum Gasteiger partial charge on any atom is 0.266 e. The Morgan fingerprint density at radius 1 is 1.29 bits per heavy atom. The van der Waals surface area contributed by atoms with Crippen LogP contribution in [0, 0.1) is 17.2 Å². The summed E-state index contributed by atoms with van der Waals surface area (Å²) in [5, 5.41) is 12.2. The Balaban J connectivity index is 1.32. The fourth-order valence-electron chi connectivity index (χ4n) is 3.94. The lowest BCUT2D eigenvalue weighted by molar-refractivity contribution is -0.137. The van der Waals surface area contributed by atoms with Crippen molar-refractivity contribution in [2.24, 2.45) is 5.92 Å². The minimum atomic E-state index is -0.285. The maximum atomic E-state index is 12.9. The molecular weight excluding hydrogens is 438 g/mol. The van der Waals surface area contributed by atoms with Crippen molar-refractivity contribution in [2.75, 3.05) is 44.0 Å². The number of nitrogens with one attached hydrogen (secondary N) is 1. The molecule has 0 unspecified atom stereocenters. The molecule has 2 amide bonds. The molecule has 3 heterocycles. The third-order valence-electron chi connectivity index (χ3n) is 5.69. The summed E-state index contributed by atoms with van der Waals surface area (Å²) in [5.41, 5.74) is 0.787. The van der Waals surface area contributed by atoms with Crippen LogP contribution in [-0.4, -0.2) is 55.5 Å². The molecule has 176 valence electrons. The number of aromatic nitrogens is 1. The molecule has 1 aromatic carbocycles. The number of methoxy groups -OCH3 is 1. The highest BCUT2D eigenvalue weighted by molar-refractivity contribution is 5.94. The molecule has 1 aliphatic rings. The summed E-state index contributed by atoms with van der Waals surface area (Å²) < 4.78 is 16.3. The quantitative estimate of drug-likeness (QED) is 0.567. The average molecular weight is 463 g/mol. The molecule has 34 heavy (non-hydrogen) atoms. The van der Waals surface area contributed by atoms with Gasteiger partial charge in [-0.3, -0.25) is 9.59 Å². The van der Waals surface area contributed by atoms with Crippen LogP contribution >= 0.6 is 0 Å². The van der Waals surface area contributed by atoms with Crippen molar-refractivity contribution in [1.82, 2.24) is 9.88 Å². The number of piperidine rings is 1. The van der Waals surface area contributed by atoms with Gasteiger partial charge in [0.05, 0.1) is 19.9 Å². The Bertz CT molecular complexity index is 1190. The minimum absolute atomic E-state index is 0.0521. The van der Waals surface area contributed by atoms with Gasteiger partial charge >= 0.3 is 0 Å². The summed E-state index contributed by atoms with van der Waals surface area (Å²) in [6.07, 6.45) is 2.65. The van der Waals surface area contributed by atoms with Crippen LogP contribution in [0.15, 0.2) is 51.5 Å². The highest BCUT2D eigenvalue weighted by Gasteiger charge is 2.31. The molecule has 1 N–H and O–H groups in total. The fraction of sp³-hybridized carbons (Fsp3) is 0.333. The summed E-state index contributed by atoms with van der Waals surface area (Å²) in [5.74, 6) is 1.12. The van der Waals surface area contributed by atoms with E-state index in [1.54, 1.807) is 50.6 Å². The van der Waals surface area contributed by atoms with E-state index in [-0.39, 0.29) is 35.9 Å². The lowest BCUT2D eigenvalue weighted by atomic mass is 9.95. The normalized spacial score (nSPS) is 13.9. The van der Waals surface area contributed by atoms with Gasteiger partial charge in [-0.15, -0.1) is 0 Å². The second-order valence-electron chi connectivity index (χ2n) is 8.00. The Morgan fingerprint density at radius 2 is 2.09 bits per heavy atom. The van der Waals surface area contributed by atoms with Gasteiger partial charge in [0.15, 0.2) is 5.76 Å². The molecule has 1 saturated heterocycles. The number of oxazole rings is 1. The van der Waals surface area contributed by atoms with Crippen LogP contribution in [0.4, 0.5) is 11.6 Å². The van der Waals surface area contributed by atoms with E-state index in [9.17, 15) is 14.9 Å². The van der Waals surface area contributed by atoms with Crippen molar-refractivity contribution < 1.29 is 23.2 Å². The molecule has 10 nitrogen and oxygen atoms in total. The summed E-state index contributed by atoms with van der Waals surface area (Å²) in [6.45, 7) is 1.01. The van der Waals surface area contributed by atoms with Gasteiger partial charge in [0, 0.05) is 37.8 Å². The van der Waals surface area contributed by atoms with Crippen LogP contribution in [-0.2, 0) is 9.59 Å². The van der Waals surface area contributed by atoms with Crippen LogP contribution < -0.4 is 15.0 Å². The topological polar surface area (TPSA) is 125 Å². The third kappa shape index (κ3) is 5.04. The van der Waals surface area contributed by atoms with Gasteiger partial charge in [0.1, 0.15) is 11.8 Å². The molecule has 0 aliphatic carbocycles. The zero-order valence-corrected chi connectivity index (χ0v) is 19.0. The molecule has 10 heteroatoms. The number of amides is 2. The molecule has 3 aromatic rings. The van der Waals surface area contributed by atoms with Crippen LogP contribution in [0.1, 0.15) is 18.5 Å². The van der Waals surface area contributed by atoms with Gasteiger partial charge in [0.25, 0.3) is 5.89 Å². The number of rotatable bonds is 7. The third-order valence-corrected chi connectivity index (χ3v) is 5.69. The van der Waals surface area contributed by atoms with E-state index in [2.05, 4.69) is 16.4 Å². The standard InChI is InChI=1S/C24H25N5O5/c1-28(15-21(30)26-17-5-3-6-18(13-17)32-2)23(31)16-8-10-29(11-9-16)24-19(14-25)27-22(34-24)20-7-4-12-33-20/h3-7,12-13,16H,8-11,15H2,1-2H3,(H,26,30). The predicted octanol–water partition coefficient (Wildman–Crippen LogP) is 3.13. The number of nitriles is 1. The number of hydrogen-bond acceptors (Lipinski definition) is 8. The number of benzene rings is 1. The highest BCUT2D eigenvalue weighted by Crippen LogP contribution is 2.31. The molecule has 2 aromatic heterocycles. The zero-order valence-electron chi connectivity index (χ0n) is 19.0. The van der Waals surface area contributed by atoms with Gasteiger partial charge < -0.3 is 28.7 Å². The smallest absolute Gasteiger partial charge is 0.266 e. The second-order valence-corrected chi connectivity index (χ2v) is 8.00. The van der Waals surface area contributed by atoms with Gasteiger partial charge in [-0.25, -0.2) is 0 Å². The SMILES string of the molecule is COc1cccc(NC(=O)CN(C)C(=O)C2CCN(c3oc(-c4ccco4)nc3C#N)CC2)c1. The molecule has 0 spiro atoms. The van der Waals surface area contributed by atoms with Crippen molar-refractivity contribution in [3.63, 3.8) is 0 Å². The Hall–Kier alpha value is -4.26. The lowest BCUT2D eigenvalue weighted by Gasteiger charge is -2.32. The summed E-state index contributed by atoms with van der Waals surface area (Å²) in [6, 6.07) is 12.5. The molecular formula is C24H25N5O5. The van der Waals surface area contributed by atoms with E-state index in [1.807, 2.05) is 4.90 Å². The average Bonchev–Trinajstić information content (AvgIpc) is 3.53. The van der Waals surface area contributed by atoms with Crippen LogP contribution in [0.2, 0.25) is 0 Å². The van der Waals surface area contributed by atoms with Crippen LogP contribution in [0.3, 0.4) is 0 Å². The van der Waals surface area contributed by atoms with E-state index in [1.165, 1.54) is 11.2 Å². The molecule has 0 saturated carbocycles. The molecule has 0 bridgehead atoms. The number of carbonyl (C=O) groups is 2. The van der Waals surface area contributed by atoms with Crippen molar-refractivity contribution in [2.45, 2.75) is 12.8 Å². The van der Waals surface area contributed by atoms with E-state index in [0.717, 1.165) is 0 Å². The number of nitrogens with zero attached hydrogens (tertiary/aromatic N) is 4. The first-order chi connectivity index (χ1) is 16.5. The fourth-order valence-corrected chi connectivity index (χ4v) is 3.94. The first-order valence-corrected chi connectivity index (χ1v) is 10.9. The van der Waals surface area contributed by atoms with Crippen molar-refractivity contribution in [3.8, 4) is 23.5 Å². The predicted molar refractivity (Wildman–Crippen MR) is 123 cm³/mol. The highest BCUT2D eigenvalue weighted by atomic mass is 16.5. The summed E-state index contributed by atoms with van der Waals surface area (Å²) in [7, 11) is 3.18. The Labute approximate surface area is 196 Å². The van der Waals surface area contributed by atoms with Gasteiger partial charge in [-0.1, -0.05) is 6.07 Å². The van der Waals surface area contributed by atoms with Crippen molar-refractivity contribution >= 4 is 23.4 Å². The van der Waals surface area contributed by atoms with Crippen molar-refractivity contribution in [3.05, 3.63) is 48.4 Å². The zero-order chi connectivity index (χ0) is 24.1. The number of likely N-dealkylation sites (N-methyl/N-ethyl adjacent to an activating group) is 1. The summed E-state index contributed by atoms with van der Waals surface area (Å²) >= 11 is 0. The molecule has 0 radical (unpaired) electrons. The first kappa shape index (κ1) is 22.9. The molecule has 1 fully saturated rings. The Kier molecular flexibility index (Phi) is 6.82. The van der Waals surface area contributed by atoms with E-state index in [4.69, 9.17) is 13.6 Å². The first-order valence-electron chi connectivity index (χ1n) is 10.9.